The first-order chi connectivity index (χ1) is 11.9. The Kier molecular flexibility index (Phi) is 7.04. The van der Waals surface area contributed by atoms with Gasteiger partial charge in [-0.1, -0.05) is 24.3 Å². The number of carbonyl (C=O) groups excluding carboxylic acids is 1. The standard InChI is InChI=1S/C18H22N2O3S2/c1-14-5-3-4-6-16(14)13-24-12-11-19-25(22,23)18-9-7-17(8-10-18)20-15(2)21/h3-10,19H,11-13H2,1-2H3,(H,20,21). The zero-order valence-corrected chi connectivity index (χ0v) is 15.9. The largest absolute Gasteiger partial charge is 0.326 e. The van der Waals surface area contributed by atoms with Crippen molar-refractivity contribution in [3.05, 3.63) is 59.7 Å². The molecule has 7 heteroatoms. The van der Waals surface area contributed by atoms with Crippen molar-refractivity contribution in [3.63, 3.8) is 0 Å². The molecule has 0 aliphatic heterocycles. The summed E-state index contributed by atoms with van der Waals surface area (Å²) in [4.78, 5) is 11.2. The van der Waals surface area contributed by atoms with E-state index in [0.29, 0.717) is 18.0 Å². The molecule has 0 spiro atoms. The van der Waals surface area contributed by atoms with Crippen molar-refractivity contribution in [1.82, 2.24) is 4.72 Å². The number of nitrogens with one attached hydrogen (secondary N) is 2. The van der Waals surface area contributed by atoms with Crippen LogP contribution in [0.25, 0.3) is 0 Å². The Labute approximate surface area is 153 Å². The van der Waals surface area contributed by atoms with E-state index in [2.05, 4.69) is 29.1 Å². The summed E-state index contributed by atoms with van der Waals surface area (Å²) in [5.41, 5.74) is 3.08. The zero-order chi connectivity index (χ0) is 18.3. The molecule has 0 unspecified atom stereocenters. The van der Waals surface area contributed by atoms with Crippen molar-refractivity contribution in [2.75, 3.05) is 17.6 Å². The minimum Gasteiger partial charge on any atom is -0.326 e. The van der Waals surface area contributed by atoms with Crippen molar-refractivity contribution < 1.29 is 13.2 Å². The van der Waals surface area contributed by atoms with Crippen molar-refractivity contribution in [2.45, 2.75) is 24.5 Å². The Morgan fingerprint density at radius 3 is 2.40 bits per heavy atom. The lowest BCUT2D eigenvalue weighted by Gasteiger charge is -2.09. The number of benzene rings is 2. The second-order valence-electron chi connectivity index (χ2n) is 5.58. The molecule has 2 N–H and O–H groups in total. The predicted octanol–water partition coefficient (Wildman–Crippen LogP) is 3.17. The molecule has 0 atom stereocenters. The number of hydrogen-bond acceptors (Lipinski definition) is 4. The second kappa shape index (κ2) is 9.03. The van der Waals surface area contributed by atoms with Crippen LogP contribution in [0.15, 0.2) is 53.4 Å². The molecule has 0 aliphatic rings. The van der Waals surface area contributed by atoms with E-state index in [9.17, 15) is 13.2 Å². The Morgan fingerprint density at radius 1 is 1.08 bits per heavy atom. The number of hydrogen-bond donors (Lipinski definition) is 2. The van der Waals surface area contributed by atoms with Gasteiger partial charge >= 0.3 is 0 Å². The maximum absolute atomic E-state index is 12.2. The quantitative estimate of drug-likeness (QED) is 0.692. The van der Waals surface area contributed by atoms with Gasteiger partial charge in [-0.25, -0.2) is 13.1 Å². The summed E-state index contributed by atoms with van der Waals surface area (Å²) in [5, 5.41) is 2.61. The van der Waals surface area contributed by atoms with Crippen LogP contribution in [0.3, 0.4) is 0 Å². The molecular weight excluding hydrogens is 356 g/mol. The zero-order valence-electron chi connectivity index (χ0n) is 14.3. The molecule has 0 heterocycles. The van der Waals surface area contributed by atoms with E-state index in [1.54, 1.807) is 23.9 Å². The third-order valence-electron chi connectivity index (χ3n) is 3.54. The summed E-state index contributed by atoms with van der Waals surface area (Å²) in [6, 6.07) is 14.3. The fraction of sp³-hybridized carbons (Fsp3) is 0.278. The van der Waals surface area contributed by atoms with Crippen LogP contribution in [0.2, 0.25) is 0 Å². The summed E-state index contributed by atoms with van der Waals surface area (Å²) < 4.78 is 27.1. The number of sulfonamides is 1. The molecule has 134 valence electrons. The Bertz CT molecular complexity index is 818. The van der Waals surface area contributed by atoms with Crippen LogP contribution in [-0.4, -0.2) is 26.6 Å². The molecular formula is C18H22N2O3S2. The summed E-state index contributed by atoms with van der Waals surface area (Å²) in [7, 11) is -3.53. The molecule has 5 nitrogen and oxygen atoms in total. The van der Waals surface area contributed by atoms with E-state index in [-0.39, 0.29) is 10.8 Å². The van der Waals surface area contributed by atoms with Crippen LogP contribution in [0.4, 0.5) is 5.69 Å². The Hall–Kier alpha value is -1.83. The van der Waals surface area contributed by atoms with E-state index in [1.165, 1.54) is 30.2 Å². The monoisotopic (exact) mass is 378 g/mol. The van der Waals surface area contributed by atoms with Crippen LogP contribution in [0, 0.1) is 6.92 Å². The van der Waals surface area contributed by atoms with Crippen LogP contribution in [-0.2, 0) is 20.6 Å². The molecule has 2 aromatic rings. The van der Waals surface area contributed by atoms with Crippen molar-refractivity contribution in [3.8, 4) is 0 Å². The number of carbonyl (C=O) groups is 1. The van der Waals surface area contributed by atoms with Crippen molar-refractivity contribution >= 4 is 33.4 Å². The maximum atomic E-state index is 12.2. The molecule has 0 saturated carbocycles. The highest BCUT2D eigenvalue weighted by Gasteiger charge is 2.13. The Morgan fingerprint density at radius 2 is 1.76 bits per heavy atom. The van der Waals surface area contributed by atoms with Crippen molar-refractivity contribution in [1.29, 1.82) is 0 Å². The van der Waals surface area contributed by atoms with Crippen LogP contribution >= 0.6 is 11.8 Å². The molecule has 0 aromatic heterocycles. The third kappa shape index (κ3) is 6.19. The highest BCUT2D eigenvalue weighted by Crippen LogP contribution is 2.16. The first-order valence-corrected chi connectivity index (χ1v) is 10.5. The van der Waals surface area contributed by atoms with Gasteiger partial charge in [0.25, 0.3) is 0 Å². The summed E-state index contributed by atoms with van der Waals surface area (Å²) in [5.74, 6) is 1.36. The number of aryl methyl sites for hydroxylation is 1. The van der Waals surface area contributed by atoms with Crippen LogP contribution in [0.5, 0.6) is 0 Å². The molecule has 1 amide bonds. The topological polar surface area (TPSA) is 75.3 Å². The van der Waals surface area contributed by atoms with E-state index >= 15 is 0 Å². The van der Waals surface area contributed by atoms with Gasteiger partial charge in [0.05, 0.1) is 4.90 Å². The molecule has 0 bridgehead atoms. The van der Waals surface area contributed by atoms with Gasteiger partial charge in [0.15, 0.2) is 0 Å². The first kappa shape index (κ1) is 19.5. The van der Waals surface area contributed by atoms with Gasteiger partial charge in [0.2, 0.25) is 15.9 Å². The number of thioether (sulfide) groups is 1. The van der Waals surface area contributed by atoms with Gasteiger partial charge in [0, 0.05) is 30.7 Å². The third-order valence-corrected chi connectivity index (χ3v) is 6.03. The molecule has 25 heavy (non-hydrogen) atoms. The smallest absolute Gasteiger partial charge is 0.240 e. The lowest BCUT2D eigenvalue weighted by Crippen LogP contribution is -2.26. The van der Waals surface area contributed by atoms with Gasteiger partial charge in [-0.3, -0.25) is 4.79 Å². The van der Waals surface area contributed by atoms with E-state index in [4.69, 9.17) is 0 Å². The molecule has 0 radical (unpaired) electrons. The molecule has 2 rings (SSSR count). The summed E-state index contributed by atoms with van der Waals surface area (Å²) >= 11 is 1.69. The fourth-order valence-electron chi connectivity index (χ4n) is 2.21. The normalized spacial score (nSPS) is 11.3. The molecule has 0 fully saturated rings. The average molecular weight is 379 g/mol. The second-order valence-corrected chi connectivity index (χ2v) is 8.45. The van der Waals surface area contributed by atoms with Crippen LogP contribution in [0.1, 0.15) is 18.1 Å². The molecule has 0 saturated heterocycles. The fourth-order valence-corrected chi connectivity index (χ4v) is 4.30. The van der Waals surface area contributed by atoms with E-state index in [0.717, 1.165) is 5.75 Å². The highest BCUT2D eigenvalue weighted by atomic mass is 32.2. The molecule has 0 aliphatic carbocycles. The molecule has 2 aromatic carbocycles. The number of anilines is 1. The first-order valence-electron chi connectivity index (χ1n) is 7.88. The van der Waals surface area contributed by atoms with Gasteiger partial charge < -0.3 is 5.32 Å². The Balaban J connectivity index is 1.81. The number of amides is 1. The van der Waals surface area contributed by atoms with Crippen LogP contribution < -0.4 is 10.0 Å². The highest BCUT2D eigenvalue weighted by molar-refractivity contribution is 7.98. The maximum Gasteiger partial charge on any atom is 0.240 e. The van der Waals surface area contributed by atoms with Gasteiger partial charge in [0.1, 0.15) is 0 Å². The SMILES string of the molecule is CC(=O)Nc1ccc(S(=O)(=O)NCCSCc2ccccc2C)cc1. The summed E-state index contributed by atoms with van der Waals surface area (Å²) in [6.45, 7) is 3.84. The predicted molar refractivity (Wildman–Crippen MR) is 103 cm³/mol. The van der Waals surface area contributed by atoms with E-state index < -0.39 is 10.0 Å². The lowest BCUT2D eigenvalue weighted by atomic mass is 10.1. The minimum absolute atomic E-state index is 0.186. The number of rotatable bonds is 8. The van der Waals surface area contributed by atoms with Gasteiger partial charge in [-0.15, -0.1) is 0 Å². The van der Waals surface area contributed by atoms with Gasteiger partial charge in [-0.2, -0.15) is 11.8 Å². The van der Waals surface area contributed by atoms with E-state index in [1.807, 2.05) is 12.1 Å². The van der Waals surface area contributed by atoms with Gasteiger partial charge in [-0.05, 0) is 42.3 Å². The average Bonchev–Trinajstić information content (AvgIpc) is 2.56. The van der Waals surface area contributed by atoms with Crippen molar-refractivity contribution in [2.24, 2.45) is 0 Å². The lowest BCUT2D eigenvalue weighted by molar-refractivity contribution is -0.114. The minimum atomic E-state index is -3.53. The summed E-state index contributed by atoms with van der Waals surface area (Å²) in [6.07, 6.45) is 0.